The van der Waals surface area contributed by atoms with Gasteiger partial charge < -0.3 is 14.3 Å². The van der Waals surface area contributed by atoms with Crippen molar-refractivity contribution in [2.24, 2.45) is 0 Å². The van der Waals surface area contributed by atoms with Gasteiger partial charge in [-0.05, 0) is 38.5 Å². The molecule has 0 amide bonds. The maximum Gasteiger partial charge on any atom is 0.133 e. The summed E-state index contributed by atoms with van der Waals surface area (Å²) in [6.45, 7) is 5.44. The minimum absolute atomic E-state index is 0.216. The zero-order valence-corrected chi connectivity index (χ0v) is 11.5. The zero-order chi connectivity index (χ0) is 14.2. The summed E-state index contributed by atoms with van der Waals surface area (Å²) < 4.78 is 24.4. The second-order valence-electron chi connectivity index (χ2n) is 4.54. The van der Waals surface area contributed by atoms with Gasteiger partial charge in [-0.25, -0.2) is 4.39 Å². The van der Waals surface area contributed by atoms with Crippen LogP contribution in [-0.2, 0) is 0 Å². The van der Waals surface area contributed by atoms with Crippen LogP contribution in [0.15, 0.2) is 22.6 Å². The van der Waals surface area contributed by atoms with Crippen molar-refractivity contribution in [1.82, 2.24) is 0 Å². The minimum Gasteiger partial charge on any atom is -0.497 e. The number of benzene rings is 1. The van der Waals surface area contributed by atoms with Crippen LogP contribution in [0.3, 0.4) is 0 Å². The summed E-state index contributed by atoms with van der Waals surface area (Å²) >= 11 is 0. The highest BCUT2D eigenvalue weighted by Crippen LogP contribution is 2.33. The predicted molar refractivity (Wildman–Crippen MR) is 69.9 cm³/mol. The van der Waals surface area contributed by atoms with Crippen LogP contribution >= 0.6 is 0 Å². The maximum atomic E-state index is 14.0. The molecule has 1 aromatic heterocycles. The quantitative estimate of drug-likeness (QED) is 0.923. The highest BCUT2D eigenvalue weighted by atomic mass is 19.1. The first kappa shape index (κ1) is 13.6. The van der Waals surface area contributed by atoms with Crippen LogP contribution in [0.25, 0.3) is 0 Å². The van der Waals surface area contributed by atoms with E-state index in [-0.39, 0.29) is 5.56 Å². The number of halogens is 1. The third kappa shape index (κ3) is 2.36. The summed E-state index contributed by atoms with van der Waals surface area (Å²) in [5, 5.41) is 10.4. The highest BCUT2D eigenvalue weighted by molar-refractivity contribution is 5.41. The molecule has 0 radical (unpaired) electrons. The molecule has 0 spiro atoms. The van der Waals surface area contributed by atoms with Crippen molar-refractivity contribution in [2.75, 3.05) is 7.11 Å². The van der Waals surface area contributed by atoms with Crippen LogP contribution in [0.5, 0.6) is 5.75 Å². The Bertz CT molecular complexity index is 602. The van der Waals surface area contributed by atoms with Gasteiger partial charge in [0.1, 0.15) is 29.2 Å². The number of hydrogen-bond acceptors (Lipinski definition) is 3. The summed E-state index contributed by atoms with van der Waals surface area (Å²) in [7, 11) is 1.47. The molecular formula is C15H17FO3. The van der Waals surface area contributed by atoms with Crippen molar-refractivity contribution in [2.45, 2.75) is 26.9 Å². The van der Waals surface area contributed by atoms with E-state index in [9.17, 15) is 9.50 Å². The number of rotatable bonds is 3. The van der Waals surface area contributed by atoms with E-state index in [0.717, 1.165) is 11.3 Å². The van der Waals surface area contributed by atoms with E-state index >= 15 is 0 Å². The number of aliphatic hydroxyl groups is 1. The van der Waals surface area contributed by atoms with Gasteiger partial charge in [0, 0.05) is 17.2 Å². The van der Waals surface area contributed by atoms with Crippen molar-refractivity contribution < 1.29 is 18.7 Å². The van der Waals surface area contributed by atoms with Gasteiger partial charge in [0.15, 0.2) is 0 Å². The largest absolute Gasteiger partial charge is 0.497 e. The fraction of sp³-hybridized carbons (Fsp3) is 0.333. The first-order valence-corrected chi connectivity index (χ1v) is 6.03. The minimum atomic E-state index is -1.04. The third-order valence-electron chi connectivity index (χ3n) is 3.39. The van der Waals surface area contributed by atoms with E-state index in [2.05, 4.69) is 0 Å². The van der Waals surface area contributed by atoms with Gasteiger partial charge in [0.2, 0.25) is 0 Å². The molecule has 19 heavy (non-hydrogen) atoms. The molecule has 0 aliphatic heterocycles. The number of ether oxygens (including phenoxy) is 1. The molecule has 102 valence electrons. The second kappa shape index (κ2) is 5.05. The SMILES string of the molecule is COc1ccc(C(O)c2c(C)oc(C)c2C)c(F)c1. The lowest BCUT2D eigenvalue weighted by atomic mass is 9.97. The molecule has 1 atom stereocenters. The highest BCUT2D eigenvalue weighted by Gasteiger charge is 2.23. The van der Waals surface area contributed by atoms with E-state index in [1.807, 2.05) is 13.8 Å². The summed E-state index contributed by atoms with van der Waals surface area (Å²) in [6, 6.07) is 4.41. The Morgan fingerprint density at radius 2 is 1.89 bits per heavy atom. The van der Waals surface area contributed by atoms with Crippen molar-refractivity contribution in [3.05, 3.63) is 52.2 Å². The Labute approximate surface area is 111 Å². The second-order valence-corrected chi connectivity index (χ2v) is 4.54. The average Bonchev–Trinajstić information content (AvgIpc) is 2.62. The average molecular weight is 264 g/mol. The Balaban J connectivity index is 2.47. The van der Waals surface area contributed by atoms with Crippen molar-refractivity contribution >= 4 is 0 Å². The molecule has 0 aliphatic rings. The van der Waals surface area contributed by atoms with Gasteiger partial charge in [-0.3, -0.25) is 0 Å². The summed E-state index contributed by atoms with van der Waals surface area (Å²) in [6.07, 6.45) is -1.04. The molecule has 2 aromatic rings. The molecule has 0 fully saturated rings. The molecule has 1 unspecified atom stereocenters. The van der Waals surface area contributed by atoms with Crippen LogP contribution in [0.2, 0.25) is 0 Å². The summed E-state index contributed by atoms with van der Waals surface area (Å²) in [4.78, 5) is 0. The lowest BCUT2D eigenvalue weighted by Gasteiger charge is -2.13. The molecule has 3 nitrogen and oxygen atoms in total. The first-order valence-electron chi connectivity index (χ1n) is 6.03. The lowest BCUT2D eigenvalue weighted by molar-refractivity contribution is 0.212. The molecular weight excluding hydrogens is 247 g/mol. The summed E-state index contributed by atoms with van der Waals surface area (Å²) in [5.74, 6) is 1.27. The molecule has 0 saturated heterocycles. The Hall–Kier alpha value is -1.81. The van der Waals surface area contributed by atoms with Crippen molar-refractivity contribution in [3.63, 3.8) is 0 Å². The Morgan fingerprint density at radius 1 is 1.21 bits per heavy atom. The van der Waals surface area contributed by atoms with Crippen LogP contribution < -0.4 is 4.74 Å². The van der Waals surface area contributed by atoms with Crippen LogP contribution in [0, 0.1) is 26.6 Å². The molecule has 1 aromatic carbocycles. The Kier molecular flexibility index (Phi) is 3.62. The lowest BCUT2D eigenvalue weighted by Crippen LogP contribution is -2.05. The first-order chi connectivity index (χ1) is 8.95. The van der Waals surface area contributed by atoms with Gasteiger partial charge in [-0.1, -0.05) is 0 Å². The molecule has 0 aliphatic carbocycles. The maximum absolute atomic E-state index is 14.0. The van der Waals surface area contributed by atoms with E-state index in [0.29, 0.717) is 17.1 Å². The normalized spacial score (nSPS) is 12.5. The van der Waals surface area contributed by atoms with Gasteiger partial charge in [-0.2, -0.15) is 0 Å². The smallest absolute Gasteiger partial charge is 0.133 e. The van der Waals surface area contributed by atoms with Crippen molar-refractivity contribution in [1.29, 1.82) is 0 Å². The monoisotopic (exact) mass is 264 g/mol. The standard InChI is InChI=1S/C15H17FO3/c1-8-9(2)19-10(3)14(8)15(17)12-6-5-11(18-4)7-13(12)16/h5-7,15,17H,1-4H3. The van der Waals surface area contributed by atoms with Gasteiger partial charge in [0.05, 0.1) is 7.11 Å². The summed E-state index contributed by atoms with van der Waals surface area (Å²) in [5.41, 5.74) is 1.69. The Morgan fingerprint density at radius 3 is 2.37 bits per heavy atom. The van der Waals surface area contributed by atoms with Crippen LogP contribution in [0.1, 0.15) is 34.3 Å². The van der Waals surface area contributed by atoms with E-state index in [1.165, 1.54) is 19.2 Å². The topological polar surface area (TPSA) is 42.6 Å². The number of aliphatic hydroxyl groups excluding tert-OH is 1. The number of furan rings is 1. The molecule has 0 saturated carbocycles. The van der Waals surface area contributed by atoms with Gasteiger partial charge >= 0.3 is 0 Å². The van der Waals surface area contributed by atoms with Crippen LogP contribution in [-0.4, -0.2) is 12.2 Å². The molecule has 2 rings (SSSR count). The predicted octanol–water partition coefficient (Wildman–Crippen LogP) is 3.43. The molecule has 1 heterocycles. The molecule has 4 heteroatoms. The number of aryl methyl sites for hydroxylation is 2. The van der Waals surface area contributed by atoms with Gasteiger partial charge in [-0.15, -0.1) is 0 Å². The van der Waals surface area contributed by atoms with Gasteiger partial charge in [0.25, 0.3) is 0 Å². The third-order valence-corrected chi connectivity index (χ3v) is 3.39. The van der Waals surface area contributed by atoms with E-state index < -0.39 is 11.9 Å². The number of hydrogen-bond donors (Lipinski definition) is 1. The molecule has 1 N–H and O–H groups in total. The fourth-order valence-corrected chi connectivity index (χ4v) is 2.22. The van der Waals surface area contributed by atoms with Crippen LogP contribution in [0.4, 0.5) is 4.39 Å². The van der Waals surface area contributed by atoms with Crippen molar-refractivity contribution in [3.8, 4) is 5.75 Å². The van der Waals surface area contributed by atoms with E-state index in [4.69, 9.17) is 9.15 Å². The zero-order valence-electron chi connectivity index (χ0n) is 11.5. The fourth-order valence-electron chi connectivity index (χ4n) is 2.22. The molecule has 0 bridgehead atoms. The van der Waals surface area contributed by atoms with E-state index in [1.54, 1.807) is 13.0 Å². The number of methoxy groups -OCH3 is 1.